The number of amides is 2. The SMILES string of the molecule is O=C1S/C(=C/c2cccs2)C(=O)N1c1cccc(C(F)(F)F)c1. The fourth-order valence-electron chi connectivity index (χ4n) is 2.01. The van der Waals surface area contributed by atoms with Gasteiger partial charge in [-0.1, -0.05) is 12.1 Å². The van der Waals surface area contributed by atoms with Crippen LogP contribution in [0.1, 0.15) is 10.4 Å². The Morgan fingerprint density at radius 3 is 2.52 bits per heavy atom. The lowest BCUT2D eigenvalue weighted by Crippen LogP contribution is -2.27. The predicted octanol–water partition coefficient (Wildman–Crippen LogP) is 5.01. The van der Waals surface area contributed by atoms with Crippen LogP contribution in [-0.2, 0) is 11.0 Å². The third-order valence-electron chi connectivity index (χ3n) is 3.04. The number of alkyl halides is 3. The van der Waals surface area contributed by atoms with Gasteiger partial charge in [0.1, 0.15) is 0 Å². The van der Waals surface area contributed by atoms with Gasteiger partial charge in [-0.05, 0) is 47.5 Å². The van der Waals surface area contributed by atoms with Crippen LogP contribution in [0.25, 0.3) is 6.08 Å². The molecular formula is C15H8F3NO2S2. The largest absolute Gasteiger partial charge is 0.416 e. The van der Waals surface area contributed by atoms with Crippen molar-refractivity contribution < 1.29 is 22.8 Å². The summed E-state index contributed by atoms with van der Waals surface area (Å²) in [6.45, 7) is 0. The average molecular weight is 355 g/mol. The summed E-state index contributed by atoms with van der Waals surface area (Å²) in [5, 5.41) is 1.21. The number of anilines is 1. The van der Waals surface area contributed by atoms with Crippen LogP contribution < -0.4 is 4.90 Å². The van der Waals surface area contributed by atoms with E-state index in [4.69, 9.17) is 0 Å². The van der Waals surface area contributed by atoms with Crippen LogP contribution >= 0.6 is 23.1 Å². The monoisotopic (exact) mass is 355 g/mol. The third kappa shape index (κ3) is 3.18. The van der Waals surface area contributed by atoms with Gasteiger partial charge in [-0.2, -0.15) is 13.2 Å². The molecule has 0 spiro atoms. The molecule has 0 unspecified atom stereocenters. The van der Waals surface area contributed by atoms with E-state index >= 15 is 0 Å². The van der Waals surface area contributed by atoms with Gasteiger partial charge in [-0.15, -0.1) is 11.3 Å². The molecule has 0 radical (unpaired) electrons. The number of rotatable bonds is 2. The molecule has 1 aliphatic rings. The number of thiophene rings is 1. The molecule has 118 valence electrons. The average Bonchev–Trinajstić information content (AvgIpc) is 3.08. The van der Waals surface area contributed by atoms with Crippen LogP contribution in [0.5, 0.6) is 0 Å². The minimum Gasteiger partial charge on any atom is -0.268 e. The molecule has 0 N–H and O–H groups in total. The number of thioether (sulfide) groups is 1. The highest BCUT2D eigenvalue weighted by atomic mass is 32.2. The van der Waals surface area contributed by atoms with Gasteiger partial charge in [0.2, 0.25) is 0 Å². The zero-order valence-corrected chi connectivity index (χ0v) is 13.0. The van der Waals surface area contributed by atoms with Crippen molar-refractivity contribution in [2.75, 3.05) is 4.90 Å². The lowest BCUT2D eigenvalue weighted by Gasteiger charge is -2.14. The van der Waals surface area contributed by atoms with E-state index in [0.29, 0.717) is 11.8 Å². The van der Waals surface area contributed by atoms with E-state index in [0.717, 1.165) is 21.9 Å². The molecule has 2 aromatic rings. The summed E-state index contributed by atoms with van der Waals surface area (Å²) >= 11 is 2.11. The molecule has 8 heteroatoms. The Balaban J connectivity index is 1.95. The second kappa shape index (κ2) is 5.86. The van der Waals surface area contributed by atoms with Crippen molar-refractivity contribution >= 4 is 46.0 Å². The van der Waals surface area contributed by atoms with Crippen molar-refractivity contribution in [1.82, 2.24) is 0 Å². The van der Waals surface area contributed by atoms with Gasteiger partial charge in [-0.3, -0.25) is 9.59 Å². The molecule has 1 fully saturated rings. The highest BCUT2D eigenvalue weighted by molar-refractivity contribution is 8.19. The first kappa shape index (κ1) is 15.8. The minimum atomic E-state index is -4.54. The fourth-order valence-corrected chi connectivity index (χ4v) is 3.58. The van der Waals surface area contributed by atoms with Gasteiger partial charge in [0, 0.05) is 4.88 Å². The fraction of sp³-hybridized carbons (Fsp3) is 0.0667. The number of carbonyl (C=O) groups is 2. The number of benzene rings is 1. The summed E-state index contributed by atoms with van der Waals surface area (Å²) in [6, 6.07) is 7.75. The Hall–Kier alpha value is -2.06. The molecule has 23 heavy (non-hydrogen) atoms. The van der Waals surface area contributed by atoms with Crippen LogP contribution in [0.4, 0.5) is 23.7 Å². The number of imide groups is 1. The van der Waals surface area contributed by atoms with Gasteiger partial charge in [-0.25, -0.2) is 4.90 Å². The Morgan fingerprint density at radius 1 is 1.09 bits per heavy atom. The second-order valence-electron chi connectivity index (χ2n) is 4.58. The molecule has 0 aliphatic carbocycles. The highest BCUT2D eigenvalue weighted by Gasteiger charge is 2.38. The number of hydrogen-bond donors (Lipinski definition) is 0. The van der Waals surface area contributed by atoms with Crippen molar-refractivity contribution in [3.05, 3.63) is 57.1 Å². The zero-order valence-electron chi connectivity index (χ0n) is 11.3. The van der Waals surface area contributed by atoms with Gasteiger partial charge in [0.25, 0.3) is 11.1 Å². The first-order valence-corrected chi connectivity index (χ1v) is 8.04. The Kier molecular flexibility index (Phi) is 4.03. The molecular weight excluding hydrogens is 347 g/mol. The van der Waals surface area contributed by atoms with E-state index in [1.165, 1.54) is 23.5 Å². The highest BCUT2D eigenvalue weighted by Crippen LogP contribution is 2.38. The molecule has 2 heterocycles. The summed E-state index contributed by atoms with van der Waals surface area (Å²) < 4.78 is 38.3. The van der Waals surface area contributed by atoms with E-state index in [-0.39, 0.29) is 10.6 Å². The van der Waals surface area contributed by atoms with Gasteiger partial charge < -0.3 is 0 Å². The standard InChI is InChI=1S/C15H8F3NO2S2/c16-15(17,18)9-3-1-4-10(7-9)19-13(20)12(23-14(19)21)8-11-5-2-6-22-11/h1-8H/b12-8+. The van der Waals surface area contributed by atoms with Crippen LogP contribution in [0.2, 0.25) is 0 Å². The Labute approximate surface area is 137 Å². The Morgan fingerprint density at radius 2 is 1.87 bits per heavy atom. The van der Waals surface area contributed by atoms with Crippen molar-refractivity contribution in [2.24, 2.45) is 0 Å². The smallest absolute Gasteiger partial charge is 0.268 e. The maximum absolute atomic E-state index is 12.8. The van der Waals surface area contributed by atoms with Crippen LogP contribution in [-0.4, -0.2) is 11.1 Å². The minimum absolute atomic E-state index is 0.0862. The van der Waals surface area contributed by atoms with Crippen LogP contribution in [0.15, 0.2) is 46.7 Å². The molecule has 2 amide bonds. The zero-order chi connectivity index (χ0) is 16.6. The molecule has 0 saturated carbocycles. The van der Waals surface area contributed by atoms with E-state index in [1.54, 1.807) is 18.2 Å². The Bertz CT molecular complexity index is 797. The molecule has 3 rings (SSSR count). The molecule has 1 saturated heterocycles. The van der Waals surface area contributed by atoms with Gasteiger partial charge >= 0.3 is 6.18 Å². The lowest BCUT2D eigenvalue weighted by molar-refractivity contribution is -0.137. The topological polar surface area (TPSA) is 37.4 Å². The quantitative estimate of drug-likeness (QED) is 0.711. The summed E-state index contributed by atoms with van der Waals surface area (Å²) in [5.74, 6) is -0.618. The van der Waals surface area contributed by atoms with Crippen molar-refractivity contribution in [1.29, 1.82) is 0 Å². The number of hydrogen-bond acceptors (Lipinski definition) is 4. The predicted molar refractivity (Wildman–Crippen MR) is 84.2 cm³/mol. The maximum Gasteiger partial charge on any atom is 0.416 e. The maximum atomic E-state index is 12.8. The van der Waals surface area contributed by atoms with Crippen molar-refractivity contribution in [2.45, 2.75) is 6.18 Å². The normalized spacial score (nSPS) is 17.3. The van der Waals surface area contributed by atoms with Gasteiger partial charge in [0.15, 0.2) is 0 Å². The van der Waals surface area contributed by atoms with E-state index in [9.17, 15) is 22.8 Å². The van der Waals surface area contributed by atoms with Crippen molar-refractivity contribution in [3.63, 3.8) is 0 Å². The molecule has 0 bridgehead atoms. The third-order valence-corrected chi connectivity index (χ3v) is 4.73. The summed E-state index contributed by atoms with van der Waals surface area (Å²) in [6.07, 6.45) is -2.98. The second-order valence-corrected chi connectivity index (χ2v) is 6.55. The molecule has 1 aromatic heterocycles. The molecule has 3 nitrogen and oxygen atoms in total. The number of carbonyl (C=O) groups excluding carboxylic acids is 2. The summed E-state index contributed by atoms with van der Waals surface area (Å²) in [4.78, 5) is 26.1. The van der Waals surface area contributed by atoms with E-state index in [1.807, 2.05) is 5.38 Å². The summed E-state index contributed by atoms with van der Waals surface area (Å²) in [7, 11) is 0. The first-order valence-electron chi connectivity index (χ1n) is 6.35. The van der Waals surface area contributed by atoms with Gasteiger partial charge in [0.05, 0.1) is 16.2 Å². The van der Waals surface area contributed by atoms with E-state index in [2.05, 4.69) is 0 Å². The number of halogens is 3. The van der Waals surface area contributed by atoms with Crippen LogP contribution in [0, 0.1) is 0 Å². The van der Waals surface area contributed by atoms with E-state index < -0.39 is 22.9 Å². The molecule has 1 aliphatic heterocycles. The first-order chi connectivity index (χ1) is 10.9. The van der Waals surface area contributed by atoms with Crippen LogP contribution in [0.3, 0.4) is 0 Å². The molecule has 0 atom stereocenters. The summed E-state index contributed by atoms with van der Waals surface area (Å²) in [5.41, 5.74) is -0.992. The number of nitrogens with zero attached hydrogens (tertiary/aromatic N) is 1. The molecule has 1 aromatic carbocycles. The van der Waals surface area contributed by atoms with Crippen molar-refractivity contribution in [3.8, 4) is 0 Å². The lowest BCUT2D eigenvalue weighted by atomic mass is 10.2.